The maximum atomic E-state index is 5.23. The van der Waals surface area contributed by atoms with Crippen LogP contribution >= 0.6 is 0 Å². The highest BCUT2D eigenvalue weighted by atomic mass is 16.5. The summed E-state index contributed by atoms with van der Waals surface area (Å²) in [6, 6.07) is 10.1. The molecule has 0 fully saturated rings. The van der Waals surface area contributed by atoms with Crippen LogP contribution in [-0.4, -0.2) is 36.7 Å². The van der Waals surface area contributed by atoms with Gasteiger partial charge in [0.25, 0.3) is 0 Å². The van der Waals surface area contributed by atoms with Gasteiger partial charge in [0.2, 0.25) is 5.65 Å². The zero-order chi connectivity index (χ0) is 18.8. The highest BCUT2D eigenvalue weighted by Crippen LogP contribution is 2.25. The molecule has 8 nitrogen and oxygen atoms in total. The van der Waals surface area contributed by atoms with E-state index in [4.69, 9.17) is 4.74 Å². The average molecular weight is 363 g/mol. The van der Waals surface area contributed by atoms with Crippen molar-refractivity contribution in [1.29, 1.82) is 0 Å². The van der Waals surface area contributed by atoms with Gasteiger partial charge in [0.1, 0.15) is 12.1 Å². The Balaban J connectivity index is 1.63. The molecule has 3 heterocycles. The van der Waals surface area contributed by atoms with E-state index in [-0.39, 0.29) is 0 Å². The Morgan fingerprint density at radius 2 is 2.00 bits per heavy atom. The van der Waals surface area contributed by atoms with Crippen LogP contribution in [-0.2, 0) is 6.54 Å². The monoisotopic (exact) mass is 363 g/mol. The van der Waals surface area contributed by atoms with Crippen molar-refractivity contribution >= 4 is 11.3 Å². The lowest BCUT2D eigenvalue weighted by molar-refractivity contribution is 0.415. The molecule has 0 aliphatic heterocycles. The lowest BCUT2D eigenvalue weighted by Crippen LogP contribution is -2.04. The number of nitrogens with one attached hydrogen (secondary N) is 1. The Morgan fingerprint density at radius 3 is 2.70 bits per heavy atom. The van der Waals surface area contributed by atoms with Crippen molar-refractivity contribution in [2.45, 2.75) is 26.4 Å². The van der Waals surface area contributed by atoms with Crippen molar-refractivity contribution < 1.29 is 4.74 Å². The Bertz CT molecular complexity index is 1050. The van der Waals surface area contributed by atoms with Gasteiger partial charge in [-0.3, -0.25) is 4.68 Å². The van der Waals surface area contributed by atoms with Crippen molar-refractivity contribution in [2.24, 2.45) is 0 Å². The van der Waals surface area contributed by atoms with Crippen LogP contribution < -0.4 is 10.1 Å². The summed E-state index contributed by atoms with van der Waals surface area (Å²) in [5, 5.41) is 20.6. The van der Waals surface area contributed by atoms with Gasteiger partial charge in [0.05, 0.1) is 24.7 Å². The molecule has 0 spiro atoms. The second kappa shape index (κ2) is 7.06. The lowest BCUT2D eigenvalue weighted by Gasteiger charge is -2.09. The minimum absolute atomic E-state index is 0.338. The fourth-order valence-electron chi connectivity index (χ4n) is 2.81. The van der Waals surface area contributed by atoms with Crippen molar-refractivity contribution in [3.8, 4) is 17.0 Å². The molecule has 0 amide bonds. The van der Waals surface area contributed by atoms with Gasteiger partial charge in [-0.25, -0.2) is 0 Å². The fourth-order valence-corrected chi connectivity index (χ4v) is 2.81. The molecule has 138 valence electrons. The minimum atomic E-state index is 0.338. The van der Waals surface area contributed by atoms with Crippen LogP contribution in [0.5, 0.6) is 5.75 Å². The molecule has 1 aromatic carbocycles. The van der Waals surface area contributed by atoms with Crippen molar-refractivity contribution in [2.75, 3.05) is 12.4 Å². The highest BCUT2D eigenvalue weighted by molar-refractivity contribution is 5.73. The molecule has 4 aromatic rings. The molecular formula is C19H21N7O. The first kappa shape index (κ1) is 17.0. The van der Waals surface area contributed by atoms with Crippen molar-refractivity contribution in [3.63, 3.8) is 0 Å². The summed E-state index contributed by atoms with van der Waals surface area (Å²) in [5.74, 6) is 0.810. The highest BCUT2D eigenvalue weighted by Gasteiger charge is 2.10. The summed E-state index contributed by atoms with van der Waals surface area (Å²) in [6.07, 6.45) is 5.52. The van der Waals surface area contributed by atoms with E-state index >= 15 is 0 Å². The molecule has 1 N–H and O–H groups in total. The number of benzene rings is 1. The van der Waals surface area contributed by atoms with E-state index < -0.39 is 0 Å². The van der Waals surface area contributed by atoms with E-state index in [9.17, 15) is 0 Å². The first-order valence-corrected chi connectivity index (χ1v) is 8.76. The summed E-state index contributed by atoms with van der Waals surface area (Å²) in [7, 11) is 1.65. The summed E-state index contributed by atoms with van der Waals surface area (Å²) in [4.78, 5) is 0. The average Bonchev–Trinajstić information content (AvgIpc) is 3.35. The van der Waals surface area contributed by atoms with Crippen molar-refractivity contribution in [3.05, 3.63) is 54.6 Å². The second-order valence-electron chi connectivity index (χ2n) is 6.55. The smallest absolute Gasteiger partial charge is 0.200 e. The number of anilines is 1. The summed E-state index contributed by atoms with van der Waals surface area (Å²) < 4.78 is 8.85. The van der Waals surface area contributed by atoms with Gasteiger partial charge >= 0.3 is 0 Å². The van der Waals surface area contributed by atoms with Gasteiger partial charge in [-0.2, -0.15) is 14.7 Å². The third-order valence-electron chi connectivity index (χ3n) is 4.32. The van der Waals surface area contributed by atoms with Crippen LogP contribution in [0.3, 0.4) is 0 Å². The quantitative estimate of drug-likeness (QED) is 0.566. The van der Waals surface area contributed by atoms with E-state index in [1.54, 1.807) is 18.0 Å². The zero-order valence-electron chi connectivity index (χ0n) is 15.5. The van der Waals surface area contributed by atoms with Gasteiger partial charge in [-0.1, -0.05) is 0 Å². The molecule has 0 radical (unpaired) electrons. The van der Waals surface area contributed by atoms with Crippen LogP contribution in [0.15, 0.2) is 49.1 Å². The zero-order valence-corrected chi connectivity index (χ0v) is 15.5. The molecular weight excluding hydrogens is 342 g/mol. The van der Waals surface area contributed by atoms with Crippen LogP contribution in [0.25, 0.3) is 16.9 Å². The molecule has 0 atom stereocenters. The first-order valence-electron chi connectivity index (χ1n) is 8.76. The Hall–Kier alpha value is -3.42. The maximum absolute atomic E-state index is 5.23. The molecule has 0 aliphatic rings. The standard InChI is InChI=1S/C19H21N7O/c1-13(2)25-11-14(10-22-25)9-20-18-8-17(24-26-12-21-23-19(18)26)15-4-6-16(27-3)7-5-15/h4-8,10-13,20H,9H2,1-3H3. The first-order chi connectivity index (χ1) is 13.1. The molecule has 0 saturated heterocycles. The number of hydrogen-bond acceptors (Lipinski definition) is 6. The van der Waals surface area contributed by atoms with E-state index in [1.807, 2.05) is 47.4 Å². The van der Waals surface area contributed by atoms with E-state index in [0.717, 1.165) is 28.3 Å². The molecule has 0 saturated carbocycles. The summed E-state index contributed by atoms with van der Waals surface area (Å²) in [6.45, 7) is 4.85. The summed E-state index contributed by atoms with van der Waals surface area (Å²) in [5.41, 5.74) is 4.46. The number of fused-ring (bicyclic) bond motifs is 1. The van der Waals surface area contributed by atoms with Gasteiger partial charge in [0, 0.05) is 29.9 Å². The summed E-state index contributed by atoms with van der Waals surface area (Å²) >= 11 is 0. The van der Waals surface area contributed by atoms with Crippen molar-refractivity contribution in [1.82, 2.24) is 29.6 Å². The third kappa shape index (κ3) is 3.46. The Kier molecular flexibility index (Phi) is 4.45. The Labute approximate surface area is 156 Å². The van der Waals surface area contributed by atoms with Crippen LogP contribution in [0.4, 0.5) is 5.69 Å². The van der Waals surface area contributed by atoms with Gasteiger partial charge in [-0.05, 0) is 44.2 Å². The number of nitrogens with zero attached hydrogens (tertiary/aromatic N) is 6. The normalized spacial score (nSPS) is 11.3. The van der Waals surface area contributed by atoms with Gasteiger partial charge < -0.3 is 10.1 Å². The lowest BCUT2D eigenvalue weighted by atomic mass is 10.1. The SMILES string of the molecule is COc1ccc(-c2cc(NCc3cnn(C(C)C)c3)c3nncn3n2)cc1. The fraction of sp³-hybridized carbons (Fsp3) is 0.263. The topological polar surface area (TPSA) is 82.2 Å². The van der Waals surface area contributed by atoms with E-state index in [2.05, 4.69) is 39.6 Å². The number of rotatable bonds is 6. The molecule has 0 bridgehead atoms. The molecule has 27 heavy (non-hydrogen) atoms. The molecule has 0 aliphatic carbocycles. The van der Waals surface area contributed by atoms with E-state index in [1.165, 1.54) is 0 Å². The molecule has 3 aromatic heterocycles. The van der Waals surface area contributed by atoms with Crippen LogP contribution in [0.1, 0.15) is 25.5 Å². The number of aromatic nitrogens is 6. The molecule has 4 rings (SSSR count). The number of methoxy groups -OCH3 is 1. The predicted molar refractivity (Wildman–Crippen MR) is 103 cm³/mol. The predicted octanol–water partition coefficient (Wildman–Crippen LogP) is 3.19. The van der Waals surface area contributed by atoms with Gasteiger partial charge in [0.15, 0.2) is 0 Å². The largest absolute Gasteiger partial charge is 0.497 e. The van der Waals surface area contributed by atoms with E-state index in [0.29, 0.717) is 18.2 Å². The van der Waals surface area contributed by atoms with Crippen LogP contribution in [0, 0.1) is 0 Å². The second-order valence-corrected chi connectivity index (χ2v) is 6.55. The Morgan fingerprint density at radius 1 is 1.19 bits per heavy atom. The van der Waals surface area contributed by atoms with Crippen LogP contribution in [0.2, 0.25) is 0 Å². The third-order valence-corrected chi connectivity index (χ3v) is 4.32. The minimum Gasteiger partial charge on any atom is -0.497 e. The maximum Gasteiger partial charge on any atom is 0.200 e. The number of hydrogen-bond donors (Lipinski definition) is 1. The molecule has 0 unspecified atom stereocenters. The molecule has 8 heteroatoms. The number of ether oxygens (including phenoxy) is 1. The van der Waals surface area contributed by atoms with Gasteiger partial charge in [-0.15, -0.1) is 10.2 Å².